The van der Waals surface area contributed by atoms with Crippen molar-refractivity contribution in [3.05, 3.63) is 77.5 Å². The van der Waals surface area contributed by atoms with E-state index in [1.807, 2.05) is 37.3 Å². The zero-order valence-corrected chi connectivity index (χ0v) is 18.8. The molecule has 2 aromatic heterocycles. The second kappa shape index (κ2) is 9.62. The number of aryl methyl sites for hydroxylation is 2. The van der Waals surface area contributed by atoms with Crippen molar-refractivity contribution in [1.82, 2.24) is 20.1 Å². The molecule has 2 heterocycles. The van der Waals surface area contributed by atoms with E-state index in [0.29, 0.717) is 52.4 Å². The van der Waals surface area contributed by atoms with Gasteiger partial charge in [0.15, 0.2) is 5.65 Å². The first kappa shape index (κ1) is 22.2. The number of benzene rings is 2. The number of aromatic nitrogens is 3. The summed E-state index contributed by atoms with van der Waals surface area (Å²) in [5.74, 6) is -0.627. The summed E-state index contributed by atoms with van der Waals surface area (Å²) in [6, 6.07) is 18.3. The van der Waals surface area contributed by atoms with Crippen LogP contribution in [0.5, 0.6) is 0 Å². The van der Waals surface area contributed by atoms with Crippen molar-refractivity contribution in [2.45, 2.75) is 6.92 Å². The third kappa shape index (κ3) is 4.61. The molecule has 4 rings (SSSR count). The molecule has 0 aliphatic rings. The standard InChI is InChI=1S/C25H25N5O3/c1-16-22-19(15-21(17-9-5-4-6-10-17)27-23(22)30(2)29-16)25(32)28-20-12-8-7-11-18(20)24(31)26-13-14-33-3/h4-12,15H,13-14H2,1-3H3,(H,26,31)(H,28,32). The molecule has 0 atom stereocenters. The lowest BCUT2D eigenvalue weighted by molar-refractivity contribution is 0.0938. The number of pyridine rings is 1. The number of para-hydroxylation sites is 1. The number of hydrogen-bond acceptors (Lipinski definition) is 5. The number of fused-ring (bicyclic) bond motifs is 1. The van der Waals surface area contributed by atoms with Crippen LogP contribution in [0.4, 0.5) is 5.69 Å². The SMILES string of the molecule is COCCNC(=O)c1ccccc1NC(=O)c1cc(-c2ccccc2)nc2c1c(C)nn2C. The first-order valence-electron chi connectivity index (χ1n) is 10.6. The molecule has 8 nitrogen and oxygen atoms in total. The van der Waals surface area contributed by atoms with Gasteiger partial charge in [-0.3, -0.25) is 14.3 Å². The molecule has 4 aromatic rings. The molecule has 2 N–H and O–H groups in total. The Labute approximate surface area is 191 Å². The number of nitrogens with zero attached hydrogens (tertiary/aromatic N) is 3. The largest absolute Gasteiger partial charge is 0.383 e. The monoisotopic (exact) mass is 443 g/mol. The second-order valence-corrected chi connectivity index (χ2v) is 7.58. The van der Waals surface area contributed by atoms with Crippen LogP contribution in [0.25, 0.3) is 22.3 Å². The van der Waals surface area contributed by atoms with Gasteiger partial charge in [0.25, 0.3) is 11.8 Å². The molecule has 0 unspecified atom stereocenters. The lowest BCUT2D eigenvalue weighted by Crippen LogP contribution is -2.28. The number of ether oxygens (including phenoxy) is 1. The molecule has 2 amide bonds. The van der Waals surface area contributed by atoms with Gasteiger partial charge in [-0.1, -0.05) is 42.5 Å². The Morgan fingerprint density at radius 2 is 1.73 bits per heavy atom. The predicted octanol–water partition coefficient (Wildman–Crippen LogP) is 3.57. The maximum Gasteiger partial charge on any atom is 0.256 e. The van der Waals surface area contributed by atoms with Crippen molar-refractivity contribution in [2.24, 2.45) is 7.05 Å². The number of carbonyl (C=O) groups excluding carboxylic acids is 2. The van der Waals surface area contributed by atoms with E-state index >= 15 is 0 Å². The minimum absolute atomic E-state index is 0.287. The summed E-state index contributed by atoms with van der Waals surface area (Å²) in [6.07, 6.45) is 0. The molecule has 0 saturated carbocycles. The van der Waals surface area contributed by atoms with E-state index in [1.165, 1.54) is 0 Å². The zero-order chi connectivity index (χ0) is 23.4. The summed E-state index contributed by atoms with van der Waals surface area (Å²) >= 11 is 0. The van der Waals surface area contributed by atoms with Crippen LogP contribution in [0.3, 0.4) is 0 Å². The van der Waals surface area contributed by atoms with Gasteiger partial charge in [-0.2, -0.15) is 5.10 Å². The van der Waals surface area contributed by atoms with Crippen LogP contribution in [-0.2, 0) is 11.8 Å². The smallest absolute Gasteiger partial charge is 0.256 e. The molecular formula is C25H25N5O3. The predicted molar refractivity (Wildman–Crippen MR) is 127 cm³/mol. The fraction of sp³-hybridized carbons (Fsp3) is 0.200. The molecule has 0 saturated heterocycles. The number of methoxy groups -OCH3 is 1. The molecular weight excluding hydrogens is 418 g/mol. The highest BCUT2D eigenvalue weighted by molar-refractivity contribution is 6.15. The van der Waals surface area contributed by atoms with Gasteiger partial charge < -0.3 is 15.4 Å². The van der Waals surface area contributed by atoms with Gasteiger partial charge in [0.2, 0.25) is 0 Å². The molecule has 0 bridgehead atoms. The molecule has 0 aliphatic heterocycles. The van der Waals surface area contributed by atoms with E-state index in [9.17, 15) is 9.59 Å². The van der Waals surface area contributed by atoms with Crippen molar-refractivity contribution in [1.29, 1.82) is 0 Å². The number of hydrogen-bond donors (Lipinski definition) is 2. The third-order valence-electron chi connectivity index (χ3n) is 5.29. The maximum absolute atomic E-state index is 13.5. The second-order valence-electron chi connectivity index (χ2n) is 7.58. The van der Waals surface area contributed by atoms with Crippen LogP contribution < -0.4 is 10.6 Å². The molecule has 0 fully saturated rings. The number of carbonyl (C=O) groups is 2. The van der Waals surface area contributed by atoms with Crippen molar-refractivity contribution >= 4 is 28.5 Å². The number of nitrogens with one attached hydrogen (secondary N) is 2. The van der Waals surface area contributed by atoms with Gasteiger partial charge in [-0.05, 0) is 25.1 Å². The fourth-order valence-corrected chi connectivity index (χ4v) is 3.72. The highest BCUT2D eigenvalue weighted by Crippen LogP contribution is 2.28. The van der Waals surface area contributed by atoms with Crippen molar-refractivity contribution in [3.63, 3.8) is 0 Å². The third-order valence-corrected chi connectivity index (χ3v) is 5.29. The van der Waals surface area contributed by atoms with Crippen LogP contribution in [0.2, 0.25) is 0 Å². The first-order chi connectivity index (χ1) is 16.0. The molecule has 0 aliphatic carbocycles. The zero-order valence-electron chi connectivity index (χ0n) is 18.8. The highest BCUT2D eigenvalue weighted by Gasteiger charge is 2.21. The van der Waals surface area contributed by atoms with Crippen LogP contribution in [0, 0.1) is 6.92 Å². The Balaban J connectivity index is 1.73. The molecule has 0 radical (unpaired) electrons. The van der Waals surface area contributed by atoms with Gasteiger partial charge in [-0.15, -0.1) is 0 Å². The Hall–Kier alpha value is -4.04. The van der Waals surface area contributed by atoms with Gasteiger partial charge in [-0.25, -0.2) is 4.98 Å². The van der Waals surface area contributed by atoms with Gasteiger partial charge in [0, 0.05) is 26.3 Å². The van der Waals surface area contributed by atoms with Gasteiger partial charge in [0.05, 0.1) is 40.2 Å². The summed E-state index contributed by atoms with van der Waals surface area (Å²) in [7, 11) is 3.37. The minimum atomic E-state index is -0.340. The Morgan fingerprint density at radius 1 is 1.00 bits per heavy atom. The topological polar surface area (TPSA) is 98.1 Å². The Bertz CT molecular complexity index is 1310. The molecule has 2 aromatic carbocycles. The van der Waals surface area contributed by atoms with Crippen LogP contribution in [0.15, 0.2) is 60.7 Å². The van der Waals surface area contributed by atoms with E-state index < -0.39 is 0 Å². The maximum atomic E-state index is 13.5. The summed E-state index contributed by atoms with van der Waals surface area (Å²) in [6.45, 7) is 2.62. The van der Waals surface area contributed by atoms with Crippen LogP contribution in [0.1, 0.15) is 26.4 Å². The summed E-state index contributed by atoms with van der Waals surface area (Å²) in [4.78, 5) is 30.9. The Kier molecular flexibility index (Phi) is 6.46. The number of anilines is 1. The van der Waals surface area contributed by atoms with E-state index in [-0.39, 0.29) is 11.8 Å². The molecule has 0 spiro atoms. The summed E-state index contributed by atoms with van der Waals surface area (Å²) in [5, 5.41) is 10.8. The van der Waals surface area contributed by atoms with E-state index in [4.69, 9.17) is 9.72 Å². The lowest BCUT2D eigenvalue weighted by atomic mass is 10.0. The van der Waals surface area contributed by atoms with Crippen LogP contribution >= 0.6 is 0 Å². The molecule has 168 valence electrons. The number of amides is 2. The average Bonchev–Trinajstić information content (AvgIpc) is 3.12. The van der Waals surface area contributed by atoms with Crippen LogP contribution in [-0.4, -0.2) is 46.8 Å². The van der Waals surface area contributed by atoms with Crippen molar-refractivity contribution in [3.8, 4) is 11.3 Å². The lowest BCUT2D eigenvalue weighted by Gasteiger charge is -2.13. The van der Waals surface area contributed by atoms with E-state index in [2.05, 4.69) is 15.7 Å². The normalized spacial score (nSPS) is 10.9. The van der Waals surface area contributed by atoms with Crippen molar-refractivity contribution in [2.75, 3.05) is 25.6 Å². The van der Waals surface area contributed by atoms with E-state index in [1.54, 1.807) is 49.2 Å². The quantitative estimate of drug-likeness (QED) is 0.426. The van der Waals surface area contributed by atoms with E-state index in [0.717, 1.165) is 5.56 Å². The summed E-state index contributed by atoms with van der Waals surface area (Å²) < 4.78 is 6.66. The first-order valence-corrected chi connectivity index (χ1v) is 10.6. The minimum Gasteiger partial charge on any atom is -0.383 e. The highest BCUT2D eigenvalue weighted by atomic mass is 16.5. The van der Waals surface area contributed by atoms with Gasteiger partial charge in [0.1, 0.15) is 0 Å². The molecule has 8 heteroatoms. The Morgan fingerprint density at radius 3 is 2.48 bits per heavy atom. The number of rotatable bonds is 7. The fourth-order valence-electron chi connectivity index (χ4n) is 3.72. The van der Waals surface area contributed by atoms with Gasteiger partial charge >= 0.3 is 0 Å². The average molecular weight is 444 g/mol. The van der Waals surface area contributed by atoms with Crippen molar-refractivity contribution < 1.29 is 14.3 Å². The summed E-state index contributed by atoms with van der Waals surface area (Å²) in [5.41, 5.74) is 4.12. The molecule has 33 heavy (non-hydrogen) atoms.